The summed E-state index contributed by atoms with van der Waals surface area (Å²) >= 11 is 0. The fraction of sp³-hybridized carbons (Fsp3) is 0.400. The number of carbonyl (C=O) groups is 1. The van der Waals surface area contributed by atoms with Gasteiger partial charge in [-0.3, -0.25) is 0 Å². The standard InChI is InChI=1S/C15H19NO3/c1-10(2)19-15(17)11(3)16-8-7-12-9-13(18-4)5-6-14(12)16/h5-11H,1-4H3. The summed E-state index contributed by atoms with van der Waals surface area (Å²) in [6, 6.07) is 7.42. The van der Waals surface area contributed by atoms with Crippen LogP contribution in [-0.4, -0.2) is 23.8 Å². The van der Waals surface area contributed by atoms with E-state index in [1.54, 1.807) is 7.11 Å². The Kier molecular flexibility index (Phi) is 3.79. The summed E-state index contributed by atoms with van der Waals surface area (Å²) in [6.07, 6.45) is 1.80. The van der Waals surface area contributed by atoms with Gasteiger partial charge in [0.15, 0.2) is 0 Å². The number of rotatable bonds is 4. The smallest absolute Gasteiger partial charge is 0.329 e. The van der Waals surface area contributed by atoms with Crippen LogP contribution in [-0.2, 0) is 9.53 Å². The van der Waals surface area contributed by atoms with Gasteiger partial charge in [0, 0.05) is 17.1 Å². The average Bonchev–Trinajstić information content (AvgIpc) is 2.79. The Morgan fingerprint density at radius 3 is 2.58 bits per heavy atom. The van der Waals surface area contributed by atoms with Crippen molar-refractivity contribution in [1.82, 2.24) is 4.57 Å². The van der Waals surface area contributed by atoms with Gasteiger partial charge in [-0.25, -0.2) is 4.79 Å². The molecule has 2 rings (SSSR count). The zero-order chi connectivity index (χ0) is 14.0. The number of fused-ring (bicyclic) bond motifs is 1. The number of methoxy groups -OCH3 is 1. The molecule has 0 aliphatic rings. The number of hydrogen-bond acceptors (Lipinski definition) is 3. The van der Waals surface area contributed by atoms with E-state index in [4.69, 9.17) is 9.47 Å². The molecule has 2 aromatic rings. The highest BCUT2D eigenvalue weighted by Gasteiger charge is 2.19. The third-order valence-corrected chi connectivity index (χ3v) is 3.04. The van der Waals surface area contributed by atoms with E-state index in [0.717, 1.165) is 16.7 Å². The van der Waals surface area contributed by atoms with Gasteiger partial charge in [0.2, 0.25) is 0 Å². The van der Waals surface area contributed by atoms with Gasteiger partial charge >= 0.3 is 5.97 Å². The number of hydrogen-bond donors (Lipinski definition) is 0. The molecule has 0 amide bonds. The van der Waals surface area contributed by atoms with Gasteiger partial charge < -0.3 is 14.0 Å². The molecule has 0 bridgehead atoms. The first-order chi connectivity index (χ1) is 9.02. The summed E-state index contributed by atoms with van der Waals surface area (Å²) in [6.45, 7) is 5.54. The summed E-state index contributed by atoms with van der Waals surface area (Å²) in [5, 5.41) is 1.04. The van der Waals surface area contributed by atoms with Crippen LogP contribution < -0.4 is 4.74 Å². The van der Waals surface area contributed by atoms with Crippen LogP contribution in [0.1, 0.15) is 26.8 Å². The number of aromatic nitrogens is 1. The Labute approximate surface area is 112 Å². The second-order valence-corrected chi connectivity index (χ2v) is 4.81. The number of nitrogens with zero attached hydrogens (tertiary/aromatic N) is 1. The van der Waals surface area contributed by atoms with Crippen LogP contribution >= 0.6 is 0 Å². The van der Waals surface area contributed by atoms with Crippen molar-refractivity contribution >= 4 is 16.9 Å². The SMILES string of the molecule is COc1ccc2c(ccn2C(C)C(=O)OC(C)C)c1. The maximum Gasteiger partial charge on any atom is 0.329 e. The van der Waals surface area contributed by atoms with Gasteiger partial charge in [-0.15, -0.1) is 0 Å². The lowest BCUT2D eigenvalue weighted by Gasteiger charge is -2.16. The summed E-state index contributed by atoms with van der Waals surface area (Å²) < 4.78 is 12.4. The van der Waals surface area contributed by atoms with Crippen LogP contribution in [0.15, 0.2) is 30.5 Å². The van der Waals surface area contributed by atoms with Gasteiger partial charge in [-0.1, -0.05) is 0 Å². The molecule has 0 aliphatic carbocycles. The highest BCUT2D eigenvalue weighted by Crippen LogP contribution is 2.25. The van der Waals surface area contributed by atoms with Crippen LogP contribution in [0, 0.1) is 0 Å². The van der Waals surface area contributed by atoms with Gasteiger partial charge in [0.05, 0.1) is 13.2 Å². The van der Waals surface area contributed by atoms with E-state index >= 15 is 0 Å². The Morgan fingerprint density at radius 1 is 1.21 bits per heavy atom. The molecule has 1 unspecified atom stereocenters. The second kappa shape index (κ2) is 5.34. The molecule has 1 aromatic carbocycles. The van der Waals surface area contributed by atoms with E-state index < -0.39 is 0 Å². The van der Waals surface area contributed by atoms with Gasteiger partial charge in [-0.2, -0.15) is 0 Å². The molecule has 0 fully saturated rings. The number of ether oxygens (including phenoxy) is 2. The molecule has 0 N–H and O–H groups in total. The van der Waals surface area contributed by atoms with Crippen LogP contribution in [0.3, 0.4) is 0 Å². The van der Waals surface area contributed by atoms with E-state index in [1.165, 1.54) is 0 Å². The summed E-state index contributed by atoms with van der Waals surface area (Å²) in [5.74, 6) is 0.589. The molecule has 102 valence electrons. The van der Waals surface area contributed by atoms with E-state index in [1.807, 2.05) is 55.8 Å². The van der Waals surface area contributed by atoms with Crippen molar-refractivity contribution < 1.29 is 14.3 Å². The zero-order valence-electron chi connectivity index (χ0n) is 11.7. The zero-order valence-corrected chi connectivity index (χ0v) is 11.7. The molecule has 1 heterocycles. The van der Waals surface area contributed by atoms with Crippen LogP contribution in [0.4, 0.5) is 0 Å². The Balaban J connectivity index is 2.32. The number of carbonyl (C=O) groups excluding carboxylic acids is 1. The second-order valence-electron chi connectivity index (χ2n) is 4.81. The topological polar surface area (TPSA) is 40.5 Å². The first-order valence-electron chi connectivity index (χ1n) is 6.38. The normalized spacial score (nSPS) is 12.7. The first kappa shape index (κ1) is 13.5. The molecule has 0 aliphatic heterocycles. The van der Waals surface area contributed by atoms with Gasteiger partial charge in [0.1, 0.15) is 11.8 Å². The number of benzene rings is 1. The van der Waals surface area contributed by atoms with E-state index in [-0.39, 0.29) is 18.1 Å². The Hall–Kier alpha value is -1.97. The summed E-state index contributed by atoms with van der Waals surface area (Å²) in [7, 11) is 1.64. The molecule has 4 heteroatoms. The minimum Gasteiger partial charge on any atom is -0.497 e. The molecule has 19 heavy (non-hydrogen) atoms. The number of esters is 1. The third kappa shape index (κ3) is 2.72. The Morgan fingerprint density at radius 2 is 1.95 bits per heavy atom. The summed E-state index contributed by atoms with van der Waals surface area (Å²) in [5.41, 5.74) is 0.994. The molecule has 0 saturated heterocycles. The fourth-order valence-electron chi connectivity index (χ4n) is 2.05. The van der Waals surface area contributed by atoms with E-state index in [2.05, 4.69) is 0 Å². The minimum atomic E-state index is -0.340. The largest absolute Gasteiger partial charge is 0.497 e. The van der Waals surface area contributed by atoms with Crippen molar-refractivity contribution in [2.45, 2.75) is 32.9 Å². The average molecular weight is 261 g/mol. The van der Waals surface area contributed by atoms with Crippen LogP contribution in [0.5, 0.6) is 5.75 Å². The third-order valence-electron chi connectivity index (χ3n) is 3.04. The highest BCUT2D eigenvalue weighted by atomic mass is 16.5. The molecule has 1 atom stereocenters. The lowest BCUT2D eigenvalue weighted by Crippen LogP contribution is -2.21. The lowest BCUT2D eigenvalue weighted by molar-refractivity contribution is -0.150. The molecule has 1 aromatic heterocycles. The molecule has 0 saturated carbocycles. The maximum atomic E-state index is 12.0. The molecule has 4 nitrogen and oxygen atoms in total. The minimum absolute atomic E-state index is 0.100. The van der Waals surface area contributed by atoms with Crippen molar-refractivity contribution in [1.29, 1.82) is 0 Å². The van der Waals surface area contributed by atoms with E-state index in [9.17, 15) is 4.79 Å². The highest BCUT2D eigenvalue weighted by molar-refractivity contribution is 5.84. The van der Waals surface area contributed by atoms with Crippen molar-refractivity contribution in [2.24, 2.45) is 0 Å². The Bertz CT molecular complexity index is 586. The quantitative estimate of drug-likeness (QED) is 0.794. The molecule has 0 spiro atoms. The predicted octanol–water partition coefficient (Wildman–Crippen LogP) is 3.16. The summed E-state index contributed by atoms with van der Waals surface area (Å²) in [4.78, 5) is 12.0. The molecular formula is C15H19NO3. The van der Waals surface area contributed by atoms with Crippen molar-refractivity contribution in [3.63, 3.8) is 0 Å². The van der Waals surface area contributed by atoms with Crippen LogP contribution in [0.2, 0.25) is 0 Å². The van der Waals surface area contributed by atoms with Crippen molar-refractivity contribution in [2.75, 3.05) is 7.11 Å². The van der Waals surface area contributed by atoms with Gasteiger partial charge in [0.25, 0.3) is 0 Å². The van der Waals surface area contributed by atoms with Crippen LogP contribution in [0.25, 0.3) is 10.9 Å². The first-order valence-corrected chi connectivity index (χ1v) is 6.38. The van der Waals surface area contributed by atoms with Crippen molar-refractivity contribution in [3.8, 4) is 5.75 Å². The van der Waals surface area contributed by atoms with Gasteiger partial charge in [-0.05, 0) is 45.0 Å². The maximum absolute atomic E-state index is 12.0. The molecular weight excluding hydrogens is 242 g/mol. The van der Waals surface area contributed by atoms with E-state index in [0.29, 0.717) is 0 Å². The monoisotopic (exact) mass is 261 g/mol. The molecule has 0 radical (unpaired) electrons. The fourth-order valence-corrected chi connectivity index (χ4v) is 2.05. The lowest BCUT2D eigenvalue weighted by atomic mass is 10.2. The van der Waals surface area contributed by atoms with Crippen molar-refractivity contribution in [3.05, 3.63) is 30.5 Å². The predicted molar refractivity (Wildman–Crippen MR) is 74.4 cm³/mol.